The van der Waals surface area contributed by atoms with E-state index in [0.717, 1.165) is 43.4 Å². The number of benzene rings is 1. The van der Waals surface area contributed by atoms with E-state index in [4.69, 9.17) is 4.99 Å². The van der Waals surface area contributed by atoms with Crippen LogP contribution in [-0.4, -0.2) is 48.9 Å². The standard InChI is InChI=1S/C17H20N4S/c1-12-16-13(11-22-12)17(21-9-7-20(2)8-10-21)19-15-6-4-3-5-14(15)18-16/h3-6,11,18H,7-10H2,1-2H3. The molecule has 22 heavy (non-hydrogen) atoms. The Kier molecular flexibility index (Phi) is 3.39. The van der Waals surface area contributed by atoms with Crippen molar-refractivity contribution in [1.82, 2.24) is 9.80 Å². The van der Waals surface area contributed by atoms with Gasteiger partial charge in [-0.15, -0.1) is 11.3 Å². The average Bonchev–Trinajstić information content (AvgIpc) is 2.80. The maximum Gasteiger partial charge on any atom is 0.139 e. The van der Waals surface area contributed by atoms with Gasteiger partial charge in [-0.1, -0.05) is 12.1 Å². The fraction of sp³-hybridized carbons (Fsp3) is 0.353. The van der Waals surface area contributed by atoms with Crippen LogP contribution in [-0.2, 0) is 0 Å². The lowest BCUT2D eigenvalue weighted by Gasteiger charge is -2.34. The van der Waals surface area contributed by atoms with Crippen molar-refractivity contribution in [2.75, 3.05) is 38.5 Å². The van der Waals surface area contributed by atoms with E-state index in [0.29, 0.717) is 0 Å². The number of thiophene rings is 1. The summed E-state index contributed by atoms with van der Waals surface area (Å²) >= 11 is 1.79. The van der Waals surface area contributed by atoms with E-state index in [9.17, 15) is 0 Å². The van der Waals surface area contributed by atoms with Crippen molar-refractivity contribution in [3.05, 3.63) is 40.1 Å². The maximum absolute atomic E-state index is 5.01. The summed E-state index contributed by atoms with van der Waals surface area (Å²) in [6.45, 7) is 6.42. The monoisotopic (exact) mass is 312 g/mol. The molecule has 4 rings (SSSR count). The zero-order chi connectivity index (χ0) is 15.1. The van der Waals surface area contributed by atoms with Gasteiger partial charge in [0.2, 0.25) is 0 Å². The van der Waals surface area contributed by atoms with Gasteiger partial charge >= 0.3 is 0 Å². The second-order valence-electron chi connectivity index (χ2n) is 5.95. The van der Waals surface area contributed by atoms with Crippen LogP contribution in [0.1, 0.15) is 10.4 Å². The SMILES string of the molecule is Cc1scc2c1Nc1ccccc1N=C2N1CCN(C)CC1. The molecule has 5 heteroatoms. The lowest BCUT2D eigenvalue weighted by Crippen LogP contribution is -2.47. The number of fused-ring (bicyclic) bond motifs is 2. The fourth-order valence-corrected chi connectivity index (χ4v) is 3.82. The zero-order valence-electron chi connectivity index (χ0n) is 13.0. The number of amidine groups is 1. The van der Waals surface area contributed by atoms with Gasteiger partial charge in [0.25, 0.3) is 0 Å². The molecule has 0 radical (unpaired) electrons. The highest BCUT2D eigenvalue weighted by molar-refractivity contribution is 7.10. The molecule has 0 atom stereocenters. The highest BCUT2D eigenvalue weighted by Gasteiger charge is 2.25. The van der Waals surface area contributed by atoms with Crippen LogP contribution in [0.25, 0.3) is 0 Å². The summed E-state index contributed by atoms with van der Waals surface area (Å²) in [5.41, 5.74) is 4.57. The van der Waals surface area contributed by atoms with Crippen LogP contribution in [0.4, 0.5) is 17.1 Å². The number of piperazine rings is 1. The molecule has 1 N–H and O–H groups in total. The summed E-state index contributed by atoms with van der Waals surface area (Å²) in [5, 5.41) is 5.82. The number of hydrogen-bond acceptors (Lipinski definition) is 5. The van der Waals surface area contributed by atoms with E-state index >= 15 is 0 Å². The molecule has 0 bridgehead atoms. The summed E-state index contributed by atoms with van der Waals surface area (Å²) in [6, 6.07) is 8.30. The number of para-hydroxylation sites is 2. The smallest absolute Gasteiger partial charge is 0.139 e. The summed E-state index contributed by atoms with van der Waals surface area (Å²) in [6.07, 6.45) is 0. The van der Waals surface area contributed by atoms with E-state index < -0.39 is 0 Å². The number of rotatable bonds is 0. The predicted octanol–water partition coefficient (Wildman–Crippen LogP) is 3.44. The third-order valence-electron chi connectivity index (χ3n) is 4.41. The average molecular weight is 312 g/mol. The molecule has 1 aromatic carbocycles. The minimum absolute atomic E-state index is 1.03. The summed E-state index contributed by atoms with van der Waals surface area (Å²) in [7, 11) is 2.18. The largest absolute Gasteiger partial charge is 0.353 e. The first kappa shape index (κ1) is 13.8. The van der Waals surface area contributed by atoms with Gasteiger partial charge in [-0.3, -0.25) is 0 Å². The first-order chi connectivity index (χ1) is 10.7. The fourth-order valence-electron chi connectivity index (χ4n) is 3.02. The quantitative estimate of drug-likeness (QED) is 0.808. The molecule has 2 aliphatic heterocycles. The van der Waals surface area contributed by atoms with Crippen LogP contribution in [0.5, 0.6) is 0 Å². The Bertz CT molecular complexity index is 726. The third kappa shape index (κ3) is 2.30. The first-order valence-electron chi connectivity index (χ1n) is 7.69. The first-order valence-corrected chi connectivity index (χ1v) is 8.57. The highest BCUT2D eigenvalue weighted by atomic mass is 32.1. The molecule has 0 unspecified atom stereocenters. The third-order valence-corrected chi connectivity index (χ3v) is 5.32. The number of likely N-dealkylation sites (N-methyl/N-ethyl adjacent to an activating group) is 1. The Hall–Kier alpha value is -1.85. The molecule has 1 saturated heterocycles. The normalized spacial score (nSPS) is 18.1. The summed E-state index contributed by atoms with van der Waals surface area (Å²) < 4.78 is 0. The van der Waals surface area contributed by atoms with Crippen molar-refractivity contribution in [3.63, 3.8) is 0 Å². The molecule has 4 nitrogen and oxygen atoms in total. The molecule has 0 aliphatic carbocycles. The zero-order valence-corrected chi connectivity index (χ0v) is 13.8. The molecule has 2 aliphatic rings. The van der Waals surface area contributed by atoms with Crippen molar-refractivity contribution in [2.24, 2.45) is 4.99 Å². The van der Waals surface area contributed by atoms with Crippen molar-refractivity contribution in [3.8, 4) is 0 Å². The highest BCUT2D eigenvalue weighted by Crippen LogP contribution is 2.38. The van der Waals surface area contributed by atoms with Crippen molar-refractivity contribution in [2.45, 2.75) is 6.92 Å². The Labute approximate surface area is 135 Å². The Morgan fingerprint density at radius 1 is 1.14 bits per heavy atom. The molecule has 1 fully saturated rings. The second-order valence-corrected chi connectivity index (χ2v) is 7.03. The topological polar surface area (TPSA) is 30.9 Å². The van der Waals surface area contributed by atoms with Crippen LogP contribution < -0.4 is 5.32 Å². The van der Waals surface area contributed by atoms with Crippen LogP contribution in [0.2, 0.25) is 0 Å². The predicted molar refractivity (Wildman–Crippen MR) is 94.0 cm³/mol. The van der Waals surface area contributed by atoms with E-state index in [1.807, 2.05) is 0 Å². The van der Waals surface area contributed by atoms with Gasteiger partial charge in [0.05, 0.1) is 22.6 Å². The molecule has 0 amide bonds. The van der Waals surface area contributed by atoms with Crippen LogP contribution in [0, 0.1) is 6.92 Å². The summed E-state index contributed by atoms with van der Waals surface area (Å²) in [5.74, 6) is 1.12. The molecule has 3 heterocycles. The van der Waals surface area contributed by atoms with Crippen LogP contribution in [0.3, 0.4) is 0 Å². The molecule has 114 valence electrons. The van der Waals surface area contributed by atoms with E-state index in [1.165, 1.54) is 16.1 Å². The number of nitrogens with one attached hydrogen (secondary N) is 1. The Morgan fingerprint density at radius 2 is 1.91 bits per heavy atom. The van der Waals surface area contributed by atoms with Crippen LogP contribution in [0.15, 0.2) is 34.6 Å². The van der Waals surface area contributed by atoms with Gasteiger partial charge in [0.15, 0.2) is 0 Å². The molecule has 0 saturated carbocycles. The Balaban J connectivity index is 1.82. The summed E-state index contributed by atoms with van der Waals surface area (Å²) in [4.78, 5) is 11.1. The van der Waals surface area contributed by atoms with Gasteiger partial charge in [0.1, 0.15) is 5.84 Å². The van der Waals surface area contributed by atoms with Gasteiger partial charge in [-0.05, 0) is 26.1 Å². The molecule has 1 aromatic heterocycles. The minimum Gasteiger partial charge on any atom is -0.353 e. The lowest BCUT2D eigenvalue weighted by atomic mass is 10.2. The second kappa shape index (κ2) is 5.41. The van der Waals surface area contributed by atoms with Gasteiger partial charge < -0.3 is 15.1 Å². The van der Waals surface area contributed by atoms with E-state index in [1.54, 1.807) is 11.3 Å². The van der Waals surface area contributed by atoms with Crippen molar-refractivity contribution < 1.29 is 0 Å². The molecule has 0 spiro atoms. The maximum atomic E-state index is 5.01. The number of aliphatic imine (C=N–C) groups is 1. The number of hydrogen-bond donors (Lipinski definition) is 1. The molecular formula is C17H20N4S. The van der Waals surface area contributed by atoms with Crippen molar-refractivity contribution in [1.29, 1.82) is 0 Å². The van der Waals surface area contributed by atoms with Gasteiger partial charge in [-0.25, -0.2) is 4.99 Å². The molecular weight excluding hydrogens is 292 g/mol. The van der Waals surface area contributed by atoms with E-state index in [2.05, 4.69) is 58.7 Å². The number of anilines is 2. The van der Waals surface area contributed by atoms with Crippen molar-refractivity contribution >= 4 is 34.2 Å². The van der Waals surface area contributed by atoms with Gasteiger partial charge in [0, 0.05) is 36.4 Å². The Morgan fingerprint density at radius 3 is 2.73 bits per heavy atom. The van der Waals surface area contributed by atoms with E-state index in [-0.39, 0.29) is 0 Å². The number of nitrogens with zero attached hydrogens (tertiary/aromatic N) is 3. The van der Waals surface area contributed by atoms with Crippen LogP contribution >= 0.6 is 11.3 Å². The van der Waals surface area contributed by atoms with Gasteiger partial charge in [-0.2, -0.15) is 0 Å². The number of aryl methyl sites for hydroxylation is 1. The lowest BCUT2D eigenvalue weighted by molar-refractivity contribution is 0.216. The molecule has 2 aromatic rings. The minimum atomic E-state index is 1.03.